The van der Waals surface area contributed by atoms with Crippen molar-refractivity contribution in [3.8, 4) is 11.5 Å². The third-order valence-electron chi connectivity index (χ3n) is 5.54. The van der Waals surface area contributed by atoms with Gasteiger partial charge in [0.1, 0.15) is 22.8 Å². The lowest BCUT2D eigenvalue weighted by Gasteiger charge is -2.18. The number of hydrogen-bond donors (Lipinski definition) is 0. The molecule has 0 saturated carbocycles. The average Bonchev–Trinajstić information content (AvgIpc) is 3.36. The Hall–Kier alpha value is -3.09. The molecule has 1 unspecified atom stereocenters. The molecule has 1 aliphatic heterocycles. The molecule has 1 fully saturated rings. The molecule has 1 saturated heterocycles. The van der Waals surface area contributed by atoms with Gasteiger partial charge in [-0.25, -0.2) is 9.97 Å². The summed E-state index contributed by atoms with van der Waals surface area (Å²) in [5.41, 5.74) is 2.45. The molecule has 0 aliphatic carbocycles. The minimum absolute atomic E-state index is 0.00959. The number of fused-ring (bicyclic) bond motifs is 1. The summed E-state index contributed by atoms with van der Waals surface area (Å²) in [4.78, 5) is 24.2. The Bertz CT molecular complexity index is 1010. The van der Waals surface area contributed by atoms with Gasteiger partial charge >= 0.3 is 0 Å². The molecule has 0 spiro atoms. The zero-order valence-corrected chi connectivity index (χ0v) is 17.1. The molecule has 2 aromatic heterocycles. The first-order valence-corrected chi connectivity index (χ1v) is 9.95. The highest BCUT2D eigenvalue weighted by molar-refractivity contribution is 5.95. The van der Waals surface area contributed by atoms with Crippen molar-refractivity contribution in [3.63, 3.8) is 0 Å². The minimum Gasteiger partial charge on any atom is -0.497 e. The molecular formula is C22H26N4O3. The van der Waals surface area contributed by atoms with Crippen molar-refractivity contribution in [3.05, 3.63) is 47.9 Å². The van der Waals surface area contributed by atoms with Crippen LogP contribution in [0.5, 0.6) is 11.5 Å². The van der Waals surface area contributed by atoms with Gasteiger partial charge in [-0.15, -0.1) is 0 Å². The number of carbonyl (C=O) groups excluding carboxylic acids is 1. The fraction of sp³-hybridized carbons (Fsp3) is 0.409. The van der Waals surface area contributed by atoms with Crippen LogP contribution in [-0.4, -0.2) is 52.7 Å². The zero-order valence-electron chi connectivity index (χ0n) is 17.1. The Morgan fingerprint density at radius 2 is 1.97 bits per heavy atom. The van der Waals surface area contributed by atoms with E-state index in [0.717, 1.165) is 49.5 Å². The molecule has 1 amide bonds. The van der Waals surface area contributed by atoms with E-state index >= 15 is 0 Å². The minimum atomic E-state index is 0.00959. The van der Waals surface area contributed by atoms with Crippen LogP contribution >= 0.6 is 0 Å². The van der Waals surface area contributed by atoms with Crippen molar-refractivity contribution in [2.24, 2.45) is 5.92 Å². The van der Waals surface area contributed by atoms with Gasteiger partial charge in [-0.1, -0.05) is 0 Å². The lowest BCUT2D eigenvalue weighted by Crippen LogP contribution is -2.29. The SMILES string of the molecule is CCn1c(CC2CCN(C(=O)c3cc(OC)cc(OC)c3)C2)nc2cccnc21. The molecule has 29 heavy (non-hydrogen) atoms. The maximum Gasteiger partial charge on any atom is 0.254 e. The molecule has 1 aromatic carbocycles. The van der Waals surface area contributed by atoms with Crippen LogP contribution in [-0.2, 0) is 13.0 Å². The van der Waals surface area contributed by atoms with E-state index in [2.05, 4.69) is 16.5 Å². The van der Waals surface area contributed by atoms with E-state index in [1.54, 1.807) is 38.6 Å². The number of methoxy groups -OCH3 is 2. The van der Waals surface area contributed by atoms with E-state index in [0.29, 0.717) is 23.0 Å². The Labute approximate surface area is 170 Å². The summed E-state index contributed by atoms with van der Waals surface area (Å²) in [7, 11) is 3.17. The molecule has 0 bridgehead atoms. The van der Waals surface area contributed by atoms with Crippen LogP contribution in [0.4, 0.5) is 0 Å². The highest BCUT2D eigenvalue weighted by Crippen LogP contribution is 2.27. The maximum atomic E-state index is 13.0. The second-order valence-electron chi connectivity index (χ2n) is 7.33. The number of benzene rings is 1. The van der Waals surface area contributed by atoms with Gasteiger partial charge < -0.3 is 18.9 Å². The Balaban J connectivity index is 1.49. The molecular weight excluding hydrogens is 368 g/mol. The first kappa shape index (κ1) is 19.2. The van der Waals surface area contributed by atoms with Crippen molar-refractivity contribution in [2.75, 3.05) is 27.3 Å². The third-order valence-corrected chi connectivity index (χ3v) is 5.54. The number of carbonyl (C=O) groups is 1. The Morgan fingerprint density at radius 1 is 1.21 bits per heavy atom. The number of nitrogens with zero attached hydrogens (tertiary/aromatic N) is 4. The third kappa shape index (κ3) is 3.77. The smallest absolute Gasteiger partial charge is 0.254 e. The van der Waals surface area contributed by atoms with Crippen LogP contribution in [0.25, 0.3) is 11.2 Å². The van der Waals surface area contributed by atoms with Crippen LogP contribution in [0.1, 0.15) is 29.5 Å². The van der Waals surface area contributed by atoms with Crippen molar-refractivity contribution in [1.29, 1.82) is 0 Å². The van der Waals surface area contributed by atoms with Crippen LogP contribution < -0.4 is 9.47 Å². The van der Waals surface area contributed by atoms with E-state index in [1.165, 1.54) is 0 Å². The average molecular weight is 394 g/mol. The van der Waals surface area contributed by atoms with Gasteiger partial charge in [-0.3, -0.25) is 4.79 Å². The number of imidazole rings is 1. The van der Waals surface area contributed by atoms with E-state index in [-0.39, 0.29) is 5.91 Å². The number of rotatable bonds is 6. The molecule has 152 valence electrons. The van der Waals surface area contributed by atoms with Gasteiger partial charge in [0.25, 0.3) is 5.91 Å². The summed E-state index contributed by atoms with van der Waals surface area (Å²) in [6.45, 7) is 4.41. The monoisotopic (exact) mass is 394 g/mol. The van der Waals surface area contributed by atoms with E-state index in [4.69, 9.17) is 14.5 Å². The maximum absolute atomic E-state index is 13.0. The van der Waals surface area contributed by atoms with Crippen molar-refractivity contribution in [2.45, 2.75) is 26.3 Å². The summed E-state index contributed by atoms with van der Waals surface area (Å²) >= 11 is 0. The van der Waals surface area contributed by atoms with Gasteiger partial charge in [-0.05, 0) is 43.5 Å². The molecule has 1 aliphatic rings. The van der Waals surface area contributed by atoms with Gasteiger partial charge in [0.15, 0.2) is 5.65 Å². The molecule has 4 rings (SSSR count). The van der Waals surface area contributed by atoms with Gasteiger partial charge in [0.05, 0.1) is 14.2 Å². The Morgan fingerprint density at radius 3 is 2.66 bits per heavy atom. The standard InChI is InChI=1S/C22H26N4O3/c1-4-26-20(24-19-6-5-8-23-21(19)26)10-15-7-9-25(14-15)22(27)16-11-17(28-2)13-18(12-16)29-3/h5-6,8,11-13,15H,4,7,9-10,14H2,1-3H3. The summed E-state index contributed by atoms with van der Waals surface area (Å²) in [5, 5.41) is 0. The number of amides is 1. The normalized spacial score (nSPS) is 16.4. The van der Waals surface area contributed by atoms with Gasteiger partial charge in [0, 0.05) is 43.9 Å². The topological polar surface area (TPSA) is 69.5 Å². The van der Waals surface area contributed by atoms with Crippen molar-refractivity contribution >= 4 is 17.1 Å². The van der Waals surface area contributed by atoms with E-state index in [1.807, 2.05) is 17.0 Å². The number of aromatic nitrogens is 3. The fourth-order valence-corrected chi connectivity index (χ4v) is 4.05. The van der Waals surface area contributed by atoms with Crippen molar-refractivity contribution in [1.82, 2.24) is 19.4 Å². The summed E-state index contributed by atoms with van der Waals surface area (Å²) in [5.74, 6) is 2.67. The van der Waals surface area contributed by atoms with E-state index in [9.17, 15) is 4.79 Å². The zero-order chi connectivity index (χ0) is 20.4. The van der Waals surface area contributed by atoms with Gasteiger partial charge in [-0.2, -0.15) is 0 Å². The van der Waals surface area contributed by atoms with Crippen molar-refractivity contribution < 1.29 is 14.3 Å². The molecule has 0 N–H and O–H groups in total. The molecule has 1 atom stereocenters. The quantitative estimate of drug-likeness (QED) is 0.642. The van der Waals surface area contributed by atoms with Crippen LogP contribution in [0, 0.1) is 5.92 Å². The summed E-state index contributed by atoms with van der Waals surface area (Å²) < 4.78 is 12.8. The lowest BCUT2D eigenvalue weighted by atomic mass is 10.0. The molecule has 0 radical (unpaired) electrons. The number of hydrogen-bond acceptors (Lipinski definition) is 5. The predicted molar refractivity (Wildman–Crippen MR) is 110 cm³/mol. The predicted octanol–water partition coefficient (Wildman–Crippen LogP) is 3.17. The second-order valence-corrected chi connectivity index (χ2v) is 7.33. The molecule has 3 heterocycles. The fourth-order valence-electron chi connectivity index (χ4n) is 4.05. The Kier molecular flexibility index (Phi) is 5.38. The highest BCUT2D eigenvalue weighted by atomic mass is 16.5. The van der Waals surface area contributed by atoms with Crippen LogP contribution in [0.15, 0.2) is 36.5 Å². The summed E-state index contributed by atoms with van der Waals surface area (Å²) in [6, 6.07) is 9.21. The van der Waals surface area contributed by atoms with E-state index < -0.39 is 0 Å². The molecule has 3 aromatic rings. The highest BCUT2D eigenvalue weighted by Gasteiger charge is 2.29. The first-order chi connectivity index (χ1) is 14.1. The molecule has 7 nitrogen and oxygen atoms in total. The number of likely N-dealkylation sites (tertiary alicyclic amines) is 1. The number of pyridine rings is 1. The largest absolute Gasteiger partial charge is 0.497 e. The van der Waals surface area contributed by atoms with Crippen LogP contribution in [0.2, 0.25) is 0 Å². The molecule has 7 heteroatoms. The van der Waals surface area contributed by atoms with Crippen LogP contribution in [0.3, 0.4) is 0 Å². The first-order valence-electron chi connectivity index (χ1n) is 9.95. The number of aryl methyl sites for hydroxylation is 1. The second kappa shape index (κ2) is 8.11. The number of ether oxygens (including phenoxy) is 2. The lowest BCUT2D eigenvalue weighted by molar-refractivity contribution is 0.0786. The summed E-state index contributed by atoms with van der Waals surface area (Å²) in [6.07, 6.45) is 3.61. The van der Waals surface area contributed by atoms with Gasteiger partial charge in [0.2, 0.25) is 0 Å².